The lowest BCUT2D eigenvalue weighted by molar-refractivity contribution is -0.137. The fourth-order valence-corrected chi connectivity index (χ4v) is 4.01. The highest BCUT2D eigenvalue weighted by atomic mass is 31.2. The van der Waals surface area contributed by atoms with Crippen LogP contribution in [-0.4, -0.2) is 45.3 Å². The maximum atomic E-state index is 12.3. The van der Waals surface area contributed by atoms with Gasteiger partial charge >= 0.3 is 5.97 Å². The summed E-state index contributed by atoms with van der Waals surface area (Å²) in [4.78, 5) is 34.1. The molecule has 110 valence electrons. The van der Waals surface area contributed by atoms with Crippen LogP contribution in [0.25, 0.3) is 0 Å². The first kappa shape index (κ1) is 14.8. The van der Waals surface area contributed by atoms with Gasteiger partial charge in [0.15, 0.2) is 0 Å². The first-order chi connectivity index (χ1) is 9.40. The number of aliphatic carboxylic acids is 1. The highest BCUT2D eigenvalue weighted by Gasteiger charge is 2.40. The number of carboxylic acid groups (broad SMARTS) is 1. The predicted octanol–water partition coefficient (Wildman–Crippen LogP) is 1.13. The van der Waals surface area contributed by atoms with Gasteiger partial charge in [-0.1, -0.05) is 0 Å². The van der Waals surface area contributed by atoms with Crippen LogP contribution in [0.3, 0.4) is 0 Å². The summed E-state index contributed by atoms with van der Waals surface area (Å²) >= 11 is 0. The Balaban J connectivity index is 2.12. The Morgan fingerprint density at radius 2 is 2.30 bits per heavy atom. The lowest BCUT2D eigenvalue weighted by Gasteiger charge is -2.24. The topological polar surface area (TPSA) is 108 Å². The third-order valence-corrected chi connectivity index (χ3v) is 5.42. The maximum Gasteiger partial charge on any atom is 0.316 e. The van der Waals surface area contributed by atoms with Crippen molar-refractivity contribution in [3.05, 3.63) is 24.2 Å². The highest BCUT2D eigenvalue weighted by Crippen LogP contribution is 2.48. The summed E-state index contributed by atoms with van der Waals surface area (Å²) in [5.41, 5.74) is -1.47. The van der Waals surface area contributed by atoms with Crippen LogP contribution in [0, 0.1) is 0 Å². The Morgan fingerprint density at radius 1 is 1.55 bits per heavy atom. The van der Waals surface area contributed by atoms with Gasteiger partial charge in [0.25, 0.3) is 0 Å². The molecule has 1 amide bonds. The quantitative estimate of drug-likeness (QED) is 0.762. The van der Waals surface area contributed by atoms with E-state index in [0.29, 0.717) is 25.1 Å². The number of hydrogen-bond donors (Lipinski definition) is 2. The minimum atomic E-state index is -4.04. The Kier molecular flexibility index (Phi) is 4.30. The fraction of sp³-hybridized carbons (Fsp3) is 0.500. The van der Waals surface area contributed by atoms with E-state index in [4.69, 9.17) is 4.42 Å². The van der Waals surface area contributed by atoms with Gasteiger partial charge in [-0.3, -0.25) is 14.2 Å². The molecule has 20 heavy (non-hydrogen) atoms. The van der Waals surface area contributed by atoms with Gasteiger partial charge in [-0.2, -0.15) is 0 Å². The van der Waals surface area contributed by atoms with Gasteiger partial charge < -0.3 is 19.3 Å². The monoisotopic (exact) mass is 301 g/mol. The van der Waals surface area contributed by atoms with Crippen molar-refractivity contribution >= 4 is 19.2 Å². The Morgan fingerprint density at radius 3 is 2.80 bits per heavy atom. The van der Waals surface area contributed by atoms with Crippen LogP contribution in [0.15, 0.2) is 22.8 Å². The van der Waals surface area contributed by atoms with Crippen molar-refractivity contribution in [2.45, 2.75) is 24.9 Å². The SMILES string of the molecule is O=C(O)C(Cc1ccco1)P(=O)(O)CN1CCCC1=O. The van der Waals surface area contributed by atoms with E-state index in [1.807, 2.05) is 0 Å². The smallest absolute Gasteiger partial charge is 0.316 e. The molecule has 0 aromatic carbocycles. The van der Waals surface area contributed by atoms with Crippen molar-refractivity contribution in [2.24, 2.45) is 0 Å². The number of carbonyl (C=O) groups is 2. The molecule has 0 saturated carbocycles. The molecule has 8 heteroatoms. The summed E-state index contributed by atoms with van der Waals surface area (Å²) in [5.74, 6) is -1.24. The second kappa shape index (κ2) is 5.81. The van der Waals surface area contributed by atoms with Crippen molar-refractivity contribution in [3.63, 3.8) is 0 Å². The summed E-state index contributed by atoms with van der Waals surface area (Å²) in [6.45, 7) is 0.399. The lowest BCUT2D eigenvalue weighted by Crippen LogP contribution is -2.32. The van der Waals surface area contributed by atoms with Crippen molar-refractivity contribution in [2.75, 3.05) is 12.8 Å². The van der Waals surface area contributed by atoms with Crippen LogP contribution >= 0.6 is 7.37 Å². The van der Waals surface area contributed by atoms with Gasteiger partial charge in [-0.05, 0) is 18.6 Å². The molecule has 1 fully saturated rings. The summed E-state index contributed by atoms with van der Waals surface area (Å²) in [7, 11) is -4.04. The standard InChI is InChI=1S/C12H16NO6P/c14-11-4-1-5-13(11)8-20(17,18)10(12(15)16)7-9-3-2-6-19-9/h2-3,6,10H,1,4-5,7-8H2,(H,15,16)(H,17,18). The van der Waals surface area contributed by atoms with Crippen LogP contribution in [0.5, 0.6) is 0 Å². The number of amides is 1. The second-order valence-electron chi connectivity index (χ2n) is 4.80. The molecule has 2 rings (SSSR count). The largest absolute Gasteiger partial charge is 0.481 e. The van der Waals surface area contributed by atoms with Gasteiger partial charge in [0.05, 0.1) is 12.5 Å². The molecule has 2 N–H and O–H groups in total. The molecule has 1 aromatic rings. The van der Waals surface area contributed by atoms with E-state index in [-0.39, 0.29) is 12.3 Å². The first-order valence-corrected chi connectivity index (χ1v) is 8.16. The number of carbonyl (C=O) groups excluding carboxylic acids is 1. The summed E-state index contributed by atoms with van der Waals surface area (Å²) in [6, 6.07) is 3.14. The van der Waals surface area contributed by atoms with Crippen molar-refractivity contribution in [1.82, 2.24) is 4.90 Å². The molecule has 1 saturated heterocycles. The molecule has 1 aliphatic rings. The predicted molar refractivity (Wildman–Crippen MR) is 69.5 cm³/mol. The Bertz CT molecular complexity index is 540. The van der Waals surface area contributed by atoms with Gasteiger partial charge in [0.2, 0.25) is 13.3 Å². The highest BCUT2D eigenvalue weighted by molar-refractivity contribution is 7.59. The minimum absolute atomic E-state index is 0.169. The number of nitrogens with zero attached hydrogens (tertiary/aromatic N) is 1. The third kappa shape index (κ3) is 3.29. The average Bonchev–Trinajstić information content (AvgIpc) is 2.98. The van der Waals surface area contributed by atoms with Crippen LogP contribution in [0.4, 0.5) is 0 Å². The van der Waals surface area contributed by atoms with Gasteiger partial charge in [0.1, 0.15) is 11.4 Å². The van der Waals surface area contributed by atoms with Crippen LogP contribution < -0.4 is 0 Å². The molecular weight excluding hydrogens is 285 g/mol. The molecule has 0 spiro atoms. The van der Waals surface area contributed by atoms with Crippen LogP contribution in [0.2, 0.25) is 0 Å². The summed E-state index contributed by atoms with van der Waals surface area (Å²) in [6.07, 6.45) is 1.77. The van der Waals surface area contributed by atoms with Crippen molar-refractivity contribution in [3.8, 4) is 0 Å². The van der Waals surface area contributed by atoms with Gasteiger partial charge in [-0.25, -0.2) is 0 Å². The van der Waals surface area contributed by atoms with Crippen LogP contribution in [-0.2, 0) is 20.6 Å². The molecule has 2 unspecified atom stereocenters. The lowest BCUT2D eigenvalue weighted by atomic mass is 10.2. The number of carboxylic acids is 1. The Hall–Kier alpha value is -1.59. The zero-order chi connectivity index (χ0) is 14.8. The Labute approximate surface area is 115 Å². The summed E-state index contributed by atoms with van der Waals surface area (Å²) < 4.78 is 17.3. The van der Waals surface area contributed by atoms with Gasteiger partial charge in [-0.15, -0.1) is 0 Å². The van der Waals surface area contributed by atoms with Crippen LogP contribution in [0.1, 0.15) is 18.6 Å². The van der Waals surface area contributed by atoms with E-state index >= 15 is 0 Å². The second-order valence-corrected chi connectivity index (χ2v) is 7.21. The molecule has 0 radical (unpaired) electrons. The number of hydrogen-bond acceptors (Lipinski definition) is 4. The van der Waals surface area contributed by atoms with Crippen molar-refractivity contribution < 1.29 is 28.6 Å². The van der Waals surface area contributed by atoms with E-state index in [1.165, 1.54) is 11.2 Å². The van der Waals surface area contributed by atoms with Crippen molar-refractivity contribution in [1.29, 1.82) is 0 Å². The molecular formula is C12H16NO6P. The minimum Gasteiger partial charge on any atom is -0.481 e. The molecule has 2 atom stereocenters. The van der Waals surface area contributed by atoms with E-state index in [9.17, 15) is 24.2 Å². The zero-order valence-corrected chi connectivity index (χ0v) is 11.7. The molecule has 0 aliphatic carbocycles. The van der Waals surface area contributed by atoms with E-state index < -0.39 is 25.3 Å². The molecule has 0 bridgehead atoms. The average molecular weight is 301 g/mol. The van der Waals surface area contributed by atoms with E-state index in [2.05, 4.69) is 0 Å². The zero-order valence-electron chi connectivity index (χ0n) is 10.8. The third-order valence-electron chi connectivity index (χ3n) is 3.29. The molecule has 1 aromatic heterocycles. The normalized spacial score (nSPS) is 19.9. The van der Waals surface area contributed by atoms with E-state index in [1.54, 1.807) is 12.1 Å². The number of rotatable bonds is 6. The van der Waals surface area contributed by atoms with E-state index in [0.717, 1.165) is 0 Å². The maximum absolute atomic E-state index is 12.3. The molecule has 7 nitrogen and oxygen atoms in total. The number of likely N-dealkylation sites (tertiary alicyclic amines) is 1. The summed E-state index contributed by atoms with van der Waals surface area (Å²) in [5, 5.41) is 9.17. The molecule has 2 heterocycles. The number of furan rings is 1. The first-order valence-electron chi connectivity index (χ1n) is 6.24. The fourth-order valence-electron chi connectivity index (χ4n) is 2.22. The molecule has 1 aliphatic heterocycles. The van der Waals surface area contributed by atoms with Gasteiger partial charge in [0, 0.05) is 19.4 Å².